The molecule has 5 atom stereocenters. The maximum absolute atomic E-state index is 13.4. The molecule has 4 amide bonds. The summed E-state index contributed by atoms with van der Waals surface area (Å²) in [7, 11) is 0. The zero-order chi connectivity index (χ0) is 26.1. The normalized spacial score (nSPS) is 24.5. The Bertz CT molecular complexity index is 1220. The van der Waals surface area contributed by atoms with Gasteiger partial charge in [-0.3, -0.25) is 34.9 Å². The van der Waals surface area contributed by atoms with Crippen LogP contribution >= 0.6 is 11.6 Å². The fraction of sp³-hybridized carbons (Fsp3) is 0.370. The molecule has 1 aliphatic heterocycles. The minimum absolute atomic E-state index is 0.0801. The molecule has 0 spiro atoms. The number of fused-ring (bicyclic) bond motifs is 5. The molecule has 2 saturated carbocycles. The van der Waals surface area contributed by atoms with E-state index in [0.717, 1.165) is 29.7 Å². The second-order valence-corrected chi connectivity index (χ2v) is 10.1. The molecule has 9 nitrogen and oxygen atoms in total. The number of nitrogens with zero attached hydrogens (tertiary/aromatic N) is 1. The second-order valence-electron chi connectivity index (χ2n) is 9.73. The van der Waals surface area contributed by atoms with Gasteiger partial charge in [0, 0.05) is 6.42 Å². The molecule has 0 unspecified atom stereocenters. The summed E-state index contributed by atoms with van der Waals surface area (Å²) in [5, 5.41) is 0.211. The molecule has 5 rings (SSSR count). The van der Waals surface area contributed by atoms with Crippen LogP contribution in [0.25, 0.3) is 0 Å². The SMILES string of the molecule is O=C(COC(=O)[C@H](Cc1ccccc1)N1C(=O)[C@@H]2[C@H]3CC[C@@H](C3)[C@H]2C1=O)NNC(=O)c1ccccc1Cl. The van der Waals surface area contributed by atoms with E-state index in [0.29, 0.717) is 0 Å². The lowest BCUT2D eigenvalue weighted by atomic mass is 9.81. The van der Waals surface area contributed by atoms with Gasteiger partial charge in [0.15, 0.2) is 6.61 Å². The van der Waals surface area contributed by atoms with Crippen LogP contribution < -0.4 is 10.9 Å². The molecule has 37 heavy (non-hydrogen) atoms. The number of nitrogens with one attached hydrogen (secondary N) is 2. The van der Waals surface area contributed by atoms with E-state index in [4.69, 9.17) is 16.3 Å². The average Bonchev–Trinajstić information content (AvgIpc) is 3.59. The van der Waals surface area contributed by atoms with Crippen LogP contribution in [0.5, 0.6) is 0 Å². The molecular weight excluding hydrogens is 498 g/mol. The lowest BCUT2D eigenvalue weighted by Gasteiger charge is -2.26. The predicted octanol–water partition coefficient (Wildman–Crippen LogP) is 2.29. The van der Waals surface area contributed by atoms with Gasteiger partial charge >= 0.3 is 5.97 Å². The largest absolute Gasteiger partial charge is 0.454 e. The first-order valence-electron chi connectivity index (χ1n) is 12.3. The van der Waals surface area contributed by atoms with E-state index < -0.39 is 30.4 Å². The van der Waals surface area contributed by atoms with Gasteiger partial charge in [-0.25, -0.2) is 4.79 Å². The number of benzene rings is 2. The third-order valence-corrected chi connectivity index (χ3v) is 7.93. The molecule has 1 saturated heterocycles. The Balaban J connectivity index is 1.25. The molecule has 0 aromatic heterocycles. The topological polar surface area (TPSA) is 122 Å². The number of halogens is 1. The third-order valence-electron chi connectivity index (χ3n) is 7.60. The van der Waals surface area contributed by atoms with Gasteiger partial charge in [0.2, 0.25) is 11.8 Å². The molecule has 2 aromatic carbocycles. The monoisotopic (exact) mass is 523 g/mol. The lowest BCUT2D eigenvalue weighted by molar-refractivity contribution is -0.160. The summed E-state index contributed by atoms with van der Waals surface area (Å²) in [6.45, 7) is -0.707. The van der Waals surface area contributed by atoms with Gasteiger partial charge in [-0.05, 0) is 48.8 Å². The highest BCUT2D eigenvalue weighted by atomic mass is 35.5. The molecule has 3 aliphatic rings. The van der Waals surface area contributed by atoms with Crippen LogP contribution in [0, 0.1) is 23.7 Å². The molecule has 10 heteroatoms. The van der Waals surface area contributed by atoms with Crippen LogP contribution in [0.4, 0.5) is 0 Å². The van der Waals surface area contributed by atoms with Gasteiger partial charge in [0.1, 0.15) is 6.04 Å². The van der Waals surface area contributed by atoms with Gasteiger partial charge in [-0.1, -0.05) is 54.1 Å². The summed E-state index contributed by atoms with van der Waals surface area (Å²) in [6, 6.07) is 14.2. The quantitative estimate of drug-likeness (QED) is 0.326. The van der Waals surface area contributed by atoms with Crippen molar-refractivity contribution in [1.82, 2.24) is 15.8 Å². The molecule has 2 bridgehead atoms. The number of hydrogen-bond acceptors (Lipinski definition) is 6. The van der Waals surface area contributed by atoms with Gasteiger partial charge in [0.05, 0.1) is 22.4 Å². The summed E-state index contributed by atoms with van der Waals surface area (Å²) in [4.78, 5) is 65.5. The molecular formula is C27H26ClN3O6. The van der Waals surface area contributed by atoms with Crippen LogP contribution in [0.3, 0.4) is 0 Å². The number of ether oxygens (including phenoxy) is 1. The highest BCUT2D eigenvalue weighted by molar-refractivity contribution is 6.33. The number of esters is 1. The van der Waals surface area contributed by atoms with E-state index in [1.54, 1.807) is 36.4 Å². The Labute approximate surface area is 218 Å². The van der Waals surface area contributed by atoms with E-state index in [1.807, 2.05) is 6.07 Å². The van der Waals surface area contributed by atoms with Crippen molar-refractivity contribution in [2.75, 3.05) is 6.61 Å². The van der Waals surface area contributed by atoms with Crippen molar-refractivity contribution in [2.24, 2.45) is 23.7 Å². The van der Waals surface area contributed by atoms with E-state index in [-0.39, 0.29) is 52.5 Å². The molecule has 2 aromatic rings. The van der Waals surface area contributed by atoms with Gasteiger partial charge in [-0.2, -0.15) is 0 Å². The molecule has 0 radical (unpaired) electrons. The number of rotatable bonds is 7. The van der Waals surface area contributed by atoms with Crippen molar-refractivity contribution in [3.05, 3.63) is 70.7 Å². The number of imide groups is 1. The number of likely N-dealkylation sites (tertiary alicyclic amines) is 1. The van der Waals surface area contributed by atoms with Crippen molar-refractivity contribution in [3.8, 4) is 0 Å². The minimum atomic E-state index is -1.18. The highest BCUT2D eigenvalue weighted by Crippen LogP contribution is 2.56. The fourth-order valence-corrected chi connectivity index (χ4v) is 6.19. The van der Waals surface area contributed by atoms with Gasteiger partial charge in [0.25, 0.3) is 11.8 Å². The predicted molar refractivity (Wildman–Crippen MR) is 132 cm³/mol. The number of carbonyl (C=O) groups is 5. The first kappa shape index (κ1) is 25.0. The molecule has 2 N–H and O–H groups in total. The second kappa shape index (κ2) is 10.3. The highest BCUT2D eigenvalue weighted by Gasteiger charge is 2.62. The molecule has 2 aliphatic carbocycles. The number of hydrogen-bond donors (Lipinski definition) is 2. The summed E-state index contributed by atoms with van der Waals surface area (Å²) >= 11 is 5.98. The van der Waals surface area contributed by atoms with Crippen LogP contribution in [0.15, 0.2) is 54.6 Å². The van der Waals surface area contributed by atoms with Crippen molar-refractivity contribution >= 4 is 41.2 Å². The van der Waals surface area contributed by atoms with Crippen molar-refractivity contribution in [1.29, 1.82) is 0 Å². The van der Waals surface area contributed by atoms with E-state index >= 15 is 0 Å². The van der Waals surface area contributed by atoms with E-state index in [2.05, 4.69) is 10.9 Å². The van der Waals surface area contributed by atoms with Gasteiger partial charge < -0.3 is 4.74 Å². The van der Waals surface area contributed by atoms with Crippen molar-refractivity contribution < 1.29 is 28.7 Å². The molecule has 3 fully saturated rings. The summed E-state index contributed by atoms with van der Waals surface area (Å²) in [6.07, 6.45) is 2.81. The Kier molecular flexibility index (Phi) is 6.97. The summed E-state index contributed by atoms with van der Waals surface area (Å²) < 4.78 is 5.23. The fourth-order valence-electron chi connectivity index (χ4n) is 5.96. The third kappa shape index (κ3) is 4.83. The summed E-state index contributed by atoms with van der Waals surface area (Å²) in [5.74, 6) is -3.32. The first-order chi connectivity index (χ1) is 17.8. The standard InChI is InChI=1S/C27H26ClN3O6/c28-19-9-5-4-8-18(19)24(33)30-29-21(32)14-37-27(36)20(12-15-6-2-1-3-7-15)31-25(34)22-16-10-11-17(13-16)23(22)26(31)35/h1-9,16-17,20,22-23H,10-14H2,(H,29,32)(H,30,33)/t16-,17-,20-,22+,23+/m0/s1. The zero-order valence-corrected chi connectivity index (χ0v) is 20.6. The molecule has 1 heterocycles. The van der Waals surface area contributed by atoms with Crippen LogP contribution in [-0.4, -0.2) is 47.1 Å². The van der Waals surface area contributed by atoms with Crippen molar-refractivity contribution in [2.45, 2.75) is 31.7 Å². The maximum atomic E-state index is 13.4. The number of carbonyl (C=O) groups excluding carboxylic acids is 5. The lowest BCUT2D eigenvalue weighted by Crippen LogP contribution is -2.49. The van der Waals surface area contributed by atoms with Crippen LogP contribution in [0.1, 0.15) is 35.2 Å². The number of amides is 4. The van der Waals surface area contributed by atoms with E-state index in [1.165, 1.54) is 12.1 Å². The Morgan fingerprint density at radius 2 is 1.54 bits per heavy atom. The van der Waals surface area contributed by atoms with Gasteiger partial charge in [-0.15, -0.1) is 0 Å². The van der Waals surface area contributed by atoms with Crippen LogP contribution in [0.2, 0.25) is 5.02 Å². The average molecular weight is 524 g/mol. The Morgan fingerprint density at radius 3 is 2.19 bits per heavy atom. The Hall–Kier alpha value is -3.72. The summed E-state index contributed by atoms with van der Waals surface area (Å²) in [5.41, 5.74) is 5.30. The van der Waals surface area contributed by atoms with Crippen molar-refractivity contribution in [3.63, 3.8) is 0 Å². The Morgan fingerprint density at radius 1 is 0.919 bits per heavy atom. The smallest absolute Gasteiger partial charge is 0.330 e. The minimum Gasteiger partial charge on any atom is -0.454 e. The maximum Gasteiger partial charge on any atom is 0.330 e. The first-order valence-corrected chi connectivity index (χ1v) is 12.6. The number of hydrazine groups is 1. The zero-order valence-electron chi connectivity index (χ0n) is 19.9. The molecule has 192 valence electrons. The van der Waals surface area contributed by atoms with Crippen LogP contribution in [-0.2, 0) is 30.3 Å². The van der Waals surface area contributed by atoms with E-state index in [9.17, 15) is 24.0 Å².